The van der Waals surface area contributed by atoms with E-state index in [2.05, 4.69) is 5.32 Å². The molecule has 0 saturated carbocycles. The van der Waals surface area contributed by atoms with Crippen LogP contribution in [0.4, 0.5) is 0 Å². The molecule has 1 rings (SSSR count). The van der Waals surface area contributed by atoms with Gasteiger partial charge in [-0.1, -0.05) is 6.08 Å². The minimum Gasteiger partial charge on any atom is -0.384 e. The number of hydrogen-bond acceptors (Lipinski definition) is 3. The third kappa shape index (κ3) is 2.87. The summed E-state index contributed by atoms with van der Waals surface area (Å²) in [6.07, 6.45) is 4.68. The zero-order valence-corrected chi connectivity index (χ0v) is 8.62. The molecule has 1 amide bonds. The highest BCUT2D eigenvalue weighted by Gasteiger charge is 2.28. The van der Waals surface area contributed by atoms with Crippen molar-refractivity contribution in [1.82, 2.24) is 10.2 Å². The second-order valence-corrected chi connectivity index (χ2v) is 3.64. The number of carbonyl (C=O) groups is 2. The first-order valence-electron chi connectivity index (χ1n) is 4.75. The highest BCUT2D eigenvalue weighted by Crippen LogP contribution is 2.12. The summed E-state index contributed by atoms with van der Waals surface area (Å²) in [5, 5.41) is 2.69. The second-order valence-electron chi connectivity index (χ2n) is 3.64. The normalized spacial score (nSPS) is 22.6. The number of rotatable bonds is 3. The summed E-state index contributed by atoms with van der Waals surface area (Å²) >= 11 is 0. The van der Waals surface area contributed by atoms with Gasteiger partial charge in [0.15, 0.2) is 0 Å². The Balaban J connectivity index is 2.48. The third-order valence-electron chi connectivity index (χ3n) is 2.15. The summed E-state index contributed by atoms with van der Waals surface area (Å²) < 4.78 is 0. The van der Waals surface area contributed by atoms with Gasteiger partial charge in [0.05, 0.1) is 5.92 Å². The third-order valence-corrected chi connectivity index (χ3v) is 2.15. The molecule has 1 aliphatic heterocycles. The van der Waals surface area contributed by atoms with E-state index in [-0.39, 0.29) is 11.7 Å². The summed E-state index contributed by atoms with van der Waals surface area (Å²) in [5.74, 6) is -0.554. The van der Waals surface area contributed by atoms with Gasteiger partial charge < -0.3 is 10.2 Å². The van der Waals surface area contributed by atoms with Gasteiger partial charge in [0.25, 0.3) is 0 Å². The largest absolute Gasteiger partial charge is 0.384 e. The van der Waals surface area contributed by atoms with E-state index in [0.29, 0.717) is 19.4 Å². The van der Waals surface area contributed by atoms with Crippen molar-refractivity contribution in [3.63, 3.8) is 0 Å². The fourth-order valence-corrected chi connectivity index (χ4v) is 1.40. The molecule has 0 radical (unpaired) electrons. The molecular weight excluding hydrogens is 180 g/mol. The number of Topliss-reactive ketones (excluding diaryl/α,β-unsaturated/α-hetero) is 1. The van der Waals surface area contributed by atoms with Crippen molar-refractivity contribution in [1.29, 1.82) is 0 Å². The zero-order valence-electron chi connectivity index (χ0n) is 8.62. The Morgan fingerprint density at radius 1 is 1.50 bits per heavy atom. The maximum absolute atomic E-state index is 11.4. The standard InChI is InChI=1S/C10H16N2O2/c1-12(2)7-3-4-8-9(13)5-6-11-10(8)14/h3,7-8H,4-6H2,1-2H3,(H,11,14). The Morgan fingerprint density at radius 3 is 2.79 bits per heavy atom. The van der Waals surface area contributed by atoms with E-state index < -0.39 is 5.92 Å². The van der Waals surface area contributed by atoms with Crippen LogP contribution in [0.15, 0.2) is 12.3 Å². The van der Waals surface area contributed by atoms with Crippen molar-refractivity contribution in [2.24, 2.45) is 5.92 Å². The number of allylic oxidation sites excluding steroid dienone is 1. The van der Waals surface area contributed by atoms with Crippen LogP contribution in [0.5, 0.6) is 0 Å². The Hall–Kier alpha value is -1.32. The summed E-state index contributed by atoms with van der Waals surface area (Å²) in [5.41, 5.74) is 0. The van der Waals surface area contributed by atoms with E-state index in [9.17, 15) is 9.59 Å². The molecule has 0 bridgehead atoms. The molecule has 4 heteroatoms. The van der Waals surface area contributed by atoms with Crippen molar-refractivity contribution in [2.45, 2.75) is 12.8 Å². The molecule has 0 aromatic carbocycles. The van der Waals surface area contributed by atoms with E-state index >= 15 is 0 Å². The van der Waals surface area contributed by atoms with E-state index in [1.165, 1.54) is 0 Å². The smallest absolute Gasteiger partial charge is 0.230 e. The van der Waals surface area contributed by atoms with Crippen molar-refractivity contribution in [2.75, 3.05) is 20.6 Å². The van der Waals surface area contributed by atoms with Crippen molar-refractivity contribution in [3.05, 3.63) is 12.3 Å². The number of ketones is 1. The number of carbonyl (C=O) groups excluding carboxylic acids is 2. The van der Waals surface area contributed by atoms with E-state index in [1.807, 2.05) is 31.3 Å². The highest BCUT2D eigenvalue weighted by molar-refractivity contribution is 6.03. The maximum Gasteiger partial charge on any atom is 0.230 e. The summed E-state index contributed by atoms with van der Waals surface area (Å²) in [6, 6.07) is 0. The lowest BCUT2D eigenvalue weighted by Gasteiger charge is -2.19. The maximum atomic E-state index is 11.4. The molecule has 1 atom stereocenters. The summed E-state index contributed by atoms with van der Waals surface area (Å²) in [6.45, 7) is 0.492. The van der Waals surface area contributed by atoms with Gasteiger partial charge in [0, 0.05) is 27.1 Å². The van der Waals surface area contributed by atoms with Gasteiger partial charge in [-0.05, 0) is 12.6 Å². The first-order valence-corrected chi connectivity index (χ1v) is 4.75. The van der Waals surface area contributed by atoms with Crippen LogP contribution in [0, 0.1) is 5.92 Å². The molecule has 0 aromatic rings. The predicted octanol–water partition coefficient (Wildman–Crippen LogP) is 0.157. The van der Waals surface area contributed by atoms with Crippen LogP contribution in [-0.4, -0.2) is 37.2 Å². The van der Waals surface area contributed by atoms with Crippen LogP contribution in [0.3, 0.4) is 0 Å². The number of amides is 1. The molecular formula is C10H16N2O2. The fourth-order valence-electron chi connectivity index (χ4n) is 1.40. The van der Waals surface area contributed by atoms with Crippen LogP contribution in [-0.2, 0) is 9.59 Å². The molecule has 0 aliphatic carbocycles. The lowest BCUT2D eigenvalue weighted by Crippen LogP contribution is -2.42. The molecule has 4 nitrogen and oxygen atoms in total. The topological polar surface area (TPSA) is 49.4 Å². The number of piperidine rings is 1. The zero-order chi connectivity index (χ0) is 10.6. The van der Waals surface area contributed by atoms with Crippen LogP contribution in [0.25, 0.3) is 0 Å². The van der Waals surface area contributed by atoms with E-state index in [4.69, 9.17) is 0 Å². The van der Waals surface area contributed by atoms with Gasteiger partial charge in [0.1, 0.15) is 5.78 Å². The molecule has 1 heterocycles. The van der Waals surface area contributed by atoms with Crippen LogP contribution < -0.4 is 5.32 Å². The molecule has 1 saturated heterocycles. The highest BCUT2D eigenvalue weighted by atomic mass is 16.2. The lowest BCUT2D eigenvalue weighted by molar-refractivity contribution is -0.136. The van der Waals surface area contributed by atoms with Crippen molar-refractivity contribution < 1.29 is 9.59 Å². The fraction of sp³-hybridized carbons (Fsp3) is 0.600. The van der Waals surface area contributed by atoms with Crippen molar-refractivity contribution in [3.8, 4) is 0 Å². The Morgan fingerprint density at radius 2 is 2.21 bits per heavy atom. The molecule has 0 spiro atoms. The van der Waals surface area contributed by atoms with Gasteiger partial charge >= 0.3 is 0 Å². The number of nitrogens with zero attached hydrogens (tertiary/aromatic N) is 1. The first-order chi connectivity index (χ1) is 6.61. The van der Waals surface area contributed by atoms with Gasteiger partial charge in [-0.25, -0.2) is 0 Å². The van der Waals surface area contributed by atoms with Crippen LogP contribution in [0.2, 0.25) is 0 Å². The summed E-state index contributed by atoms with van der Waals surface area (Å²) in [7, 11) is 3.80. The molecule has 14 heavy (non-hydrogen) atoms. The Labute approximate surface area is 84.0 Å². The van der Waals surface area contributed by atoms with Crippen molar-refractivity contribution >= 4 is 11.7 Å². The number of nitrogens with one attached hydrogen (secondary N) is 1. The molecule has 1 N–H and O–H groups in total. The number of hydrogen-bond donors (Lipinski definition) is 1. The van der Waals surface area contributed by atoms with Gasteiger partial charge in [-0.15, -0.1) is 0 Å². The average Bonchev–Trinajstić information content (AvgIpc) is 2.09. The molecule has 1 unspecified atom stereocenters. The second kappa shape index (κ2) is 4.79. The van der Waals surface area contributed by atoms with E-state index in [1.54, 1.807) is 0 Å². The summed E-state index contributed by atoms with van der Waals surface area (Å²) in [4.78, 5) is 24.6. The quantitative estimate of drug-likeness (QED) is 0.654. The molecule has 78 valence electrons. The minimum atomic E-state index is -0.472. The lowest BCUT2D eigenvalue weighted by atomic mass is 9.94. The first kappa shape index (κ1) is 10.8. The average molecular weight is 196 g/mol. The van der Waals surface area contributed by atoms with Crippen LogP contribution >= 0.6 is 0 Å². The minimum absolute atomic E-state index is 0.0529. The van der Waals surface area contributed by atoms with E-state index in [0.717, 1.165) is 0 Å². The van der Waals surface area contributed by atoms with Gasteiger partial charge in [-0.2, -0.15) is 0 Å². The Kier molecular flexibility index (Phi) is 3.68. The molecule has 1 aliphatic rings. The SMILES string of the molecule is CN(C)C=CCC1C(=O)CCNC1=O. The van der Waals surface area contributed by atoms with Crippen LogP contribution in [0.1, 0.15) is 12.8 Å². The Bertz CT molecular complexity index is 243. The van der Waals surface area contributed by atoms with Gasteiger partial charge in [0.2, 0.25) is 5.91 Å². The molecule has 0 aromatic heterocycles. The predicted molar refractivity (Wildman–Crippen MR) is 53.6 cm³/mol. The molecule has 1 fully saturated rings. The van der Waals surface area contributed by atoms with Gasteiger partial charge in [-0.3, -0.25) is 9.59 Å². The monoisotopic (exact) mass is 196 g/mol.